The van der Waals surface area contributed by atoms with Gasteiger partial charge in [0.15, 0.2) is 0 Å². The number of carbonyl (C=O) groups is 1. The fourth-order valence-electron chi connectivity index (χ4n) is 4.02. The van der Waals surface area contributed by atoms with E-state index in [9.17, 15) is 18.4 Å². The topological polar surface area (TPSA) is 95.9 Å². The molecule has 2 heterocycles. The third-order valence-electron chi connectivity index (χ3n) is 5.65. The van der Waals surface area contributed by atoms with Crippen molar-refractivity contribution in [3.63, 3.8) is 0 Å². The number of hydrogen-bond donors (Lipinski definition) is 2. The number of carbonyl (C=O) groups excluding carboxylic acids is 1. The molecule has 3 aromatic rings. The Morgan fingerprint density at radius 1 is 1.18 bits per heavy atom. The van der Waals surface area contributed by atoms with E-state index in [2.05, 4.69) is 0 Å². The number of ether oxygens (including phenoxy) is 1. The lowest BCUT2D eigenvalue weighted by atomic mass is 9.94. The van der Waals surface area contributed by atoms with Crippen molar-refractivity contribution in [2.24, 2.45) is 0 Å². The molecule has 2 N–H and O–H groups in total. The number of amides is 1. The lowest BCUT2D eigenvalue weighted by Crippen LogP contribution is -2.52. The normalized spacial score (nSPS) is 18.8. The maximum Gasteiger partial charge on any atom is 0.262 e. The van der Waals surface area contributed by atoms with Gasteiger partial charge in [-0.25, -0.2) is 13.9 Å². The van der Waals surface area contributed by atoms with Crippen molar-refractivity contribution in [2.75, 3.05) is 19.4 Å². The van der Waals surface area contributed by atoms with Gasteiger partial charge < -0.3 is 4.74 Å². The van der Waals surface area contributed by atoms with Crippen molar-refractivity contribution in [2.45, 2.75) is 28.2 Å². The Labute approximate surface area is 201 Å². The molecule has 0 fully saturated rings. The fourth-order valence-corrected chi connectivity index (χ4v) is 7.67. The van der Waals surface area contributed by atoms with Crippen LogP contribution in [-0.2, 0) is 21.2 Å². The van der Waals surface area contributed by atoms with Gasteiger partial charge in [0.2, 0.25) is 10.0 Å². The van der Waals surface area contributed by atoms with E-state index >= 15 is 0 Å². The molecule has 7 nitrogen and oxygen atoms in total. The zero-order valence-corrected chi connectivity index (χ0v) is 20.3. The average Bonchev–Trinajstić information content (AvgIpc) is 3.25. The number of thioether (sulfide) groups is 1. The van der Waals surface area contributed by atoms with E-state index in [1.165, 1.54) is 23.5 Å². The van der Waals surface area contributed by atoms with Gasteiger partial charge in [0, 0.05) is 28.0 Å². The van der Waals surface area contributed by atoms with Crippen molar-refractivity contribution in [1.29, 1.82) is 0 Å². The van der Waals surface area contributed by atoms with Crippen LogP contribution in [0.1, 0.15) is 16.4 Å². The van der Waals surface area contributed by atoms with Crippen molar-refractivity contribution in [3.8, 4) is 5.75 Å². The molecule has 0 radical (unpaired) electrons. The molecule has 2 aromatic carbocycles. The molecule has 1 amide bonds. The van der Waals surface area contributed by atoms with Gasteiger partial charge in [-0.2, -0.15) is 4.31 Å². The maximum atomic E-state index is 13.7. The van der Waals surface area contributed by atoms with Crippen molar-refractivity contribution < 1.29 is 23.2 Å². The minimum Gasteiger partial charge on any atom is -0.497 e. The first-order valence-electron chi connectivity index (χ1n) is 10.3. The summed E-state index contributed by atoms with van der Waals surface area (Å²) < 4.78 is 33.7. The number of nitrogens with one attached hydrogen (secondary N) is 1. The lowest BCUT2D eigenvalue weighted by Gasteiger charge is -2.32. The van der Waals surface area contributed by atoms with Crippen molar-refractivity contribution in [3.05, 3.63) is 76.5 Å². The smallest absolute Gasteiger partial charge is 0.262 e. The molecule has 0 saturated heterocycles. The monoisotopic (exact) mass is 504 g/mol. The molecule has 1 aliphatic heterocycles. The Balaban J connectivity index is 1.75. The summed E-state index contributed by atoms with van der Waals surface area (Å²) in [4.78, 5) is 15.1. The molecule has 1 aromatic heterocycles. The number of hydroxylamine groups is 1. The van der Waals surface area contributed by atoms with Crippen LogP contribution in [0.4, 0.5) is 0 Å². The molecule has 33 heavy (non-hydrogen) atoms. The van der Waals surface area contributed by atoms with Crippen LogP contribution < -0.4 is 10.2 Å². The zero-order valence-electron chi connectivity index (χ0n) is 17.9. The van der Waals surface area contributed by atoms with Crippen LogP contribution in [0.5, 0.6) is 5.75 Å². The summed E-state index contributed by atoms with van der Waals surface area (Å²) in [5, 5.41) is 11.5. The van der Waals surface area contributed by atoms with Gasteiger partial charge in [-0.15, -0.1) is 23.1 Å². The molecule has 4 rings (SSSR count). The summed E-state index contributed by atoms with van der Waals surface area (Å²) in [6.45, 7) is 0.131. The van der Waals surface area contributed by atoms with E-state index in [0.29, 0.717) is 17.9 Å². The van der Waals surface area contributed by atoms with E-state index in [1.54, 1.807) is 40.7 Å². The van der Waals surface area contributed by atoms with Crippen LogP contribution in [0, 0.1) is 0 Å². The third-order valence-corrected chi connectivity index (χ3v) is 9.67. The fraction of sp³-hybridized carbons (Fsp3) is 0.261. The Morgan fingerprint density at radius 3 is 2.58 bits per heavy atom. The van der Waals surface area contributed by atoms with Crippen molar-refractivity contribution in [1.82, 2.24) is 9.79 Å². The first kappa shape index (κ1) is 23.8. The largest absolute Gasteiger partial charge is 0.497 e. The number of thiophene rings is 1. The number of nitrogens with zero attached hydrogens (tertiary/aromatic N) is 1. The second kappa shape index (κ2) is 10.3. The molecular weight excluding hydrogens is 480 g/mol. The number of hydrogen-bond acceptors (Lipinski definition) is 7. The van der Waals surface area contributed by atoms with E-state index in [0.717, 1.165) is 15.3 Å². The van der Waals surface area contributed by atoms with Gasteiger partial charge in [0.1, 0.15) is 11.8 Å². The van der Waals surface area contributed by atoms with Crippen LogP contribution in [0.3, 0.4) is 0 Å². The van der Waals surface area contributed by atoms with Crippen LogP contribution in [0.15, 0.2) is 75.8 Å². The zero-order chi connectivity index (χ0) is 23.4. The third kappa shape index (κ3) is 4.95. The van der Waals surface area contributed by atoms with E-state index in [-0.39, 0.29) is 11.4 Å². The van der Waals surface area contributed by atoms with E-state index in [4.69, 9.17) is 4.74 Å². The minimum absolute atomic E-state index is 0.0683. The SMILES string of the molecule is COc1ccc(S(=O)(=O)N2CCc3sccc3[C@@H](CSc3ccccc3)[C@@H]2C(=O)NO)cc1. The first-order chi connectivity index (χ1) is 16.0. The number of benzene rings is 2. The Morgan fingerprint density at radius 2 is 1.91 bits per heavy atom. The predicted molar refractivity (Wildman–Crippen MR) is 129 cm³/mol. The molecule has 0 aliphatic carbocycles. The summed E-state index contributed by atoms with van der Waals surface area (Å²) in [6, 6.07) is 16.7. The molecule has 0 saturated carbocycles. The molecule has 0 unspecified atom stereocenters. The molecule has 10 heteroatoms. The van der Waals surface area contributed by atoms with Gasteiger partial charge in [-0.05, 0) is 59.8 Å². The molecule has 2 atom stereocenters. The molecule has 174 valence electrons. The number of methoxy groups -OCH3 is 1. The Hall–Kier alpha value is -2.37. The summed E-state index contributed by atoms with van der Waals surface area (Å²) in [5.74, 6) is -0.182. The van der Waals surface area contributed by atoms with Gasteiger partial charge in [0.05, 0.1) is 12.0 Å². The van der Waals surface area contributed by atoms with Gasteiger partial charge in [0.25, 0.3) is 5.91 Å². The molecule has 0 bridgehead atoms. The standard InChI is InChI=1S/C23H24N2O5S3/c1-30-16-7-9-18(10-8-16)33(28,29)25-13-11-21-19(12-14-31-21)20(22(25)23(26)24-27)15-32-17-5-3-2-4-6-17/h2-10,12,14,20,22,27H,11,13,15H2,1H3,(H,24,26)/t20-,22-/m1/s1. The highest BCUT2D eigenvalue weighted by Gasteiger charge is 2.44. The Kier molecular flexibility index (Phi) is 7.40. The lowest BCUT2D eigenvalue weighted by molar-refractivity contribution is -0.133. The van der Waals surface area contributed by atoms with Gasteiger partial charge in [-0.1, -0.05) is 18.2 Å². The molecular formula is C23H24N2O5S3. The second-order valence-corrected chi connectivity index (χ2v) is 11.5. The van der Waals surface area contributed by atoms with Crippen LogP contribution in [0.25, 0.3) is 0 Å². The summed E-state index contributed by atoms with van der Waals surface area (Å²) in [7, 11) is -2.52. The van der Waals surface area contributed by atoms with Crippen LogP contribution in [0.2, 0.25) is 0 Å². The number of fused-ring (bicyclic) bond motifs is 1. The highest BCUT2D eigenvalue weighted by Crippen LogP contribution is 2.39. The first-order valence-corrected chi connectivity index (χ1v) is 13.6. The van der Waals surface area contributed by atoms with Crippen LogP contribution in [-0.4, -0.2) is 49.3 Å². The molecule has 1 aliphatic rings. The highest BCUT2D eigenvalue weighted by molar-refractivity contribution is 7.99. The van der Waals surface area contributed by atoms with Gasteiger partial charge >= 0.3 is 0 Å². The quantitative estimate of drug-likeness (QED) is 0.289. The second-order valence-electron chi connectivity index (χ2n) is 7.49. The van der Waals surface area contributed by atoms with Crippen LogP contribution >= 0.6 is 23.1 Å². The van der Waals surface area contributed by atoms with E-state index in [1.807, 2.05) is 41.8 Å². The molecule has 0 spiro atoms. The maximum absolute atomic E-state index is 13.7. The Bertz CT molecular complexity index is 1200. The van der Waals surface area contributed by atoms with E-state index < -0.39 is 27.9 Å². The highest BCUT2D eigenvalue weighted by atomic mass is 32.2. The summed E-state index contributed by atoms with van der Waals surface area (Å²) in [5.41, 5.74) is 2.66. The van der Waals surface area contributed by atoms with Crippen molar-refractivity contribution >= 4 is 39.0 Å². The minimum atomic E-state index is -4.02. The number of rotatable bonds is 7. The summed E-state index contributed by atoms with van der Waals surface area (Å²) in [6.07, 6.45) is 0.490. The number of sulfonamides is 1. The van der Waals surface area contributed by atoms with Gasteiger partial charge in [-0.3, -0.25) is 10.0 Å². The summed E-state index contributed by atoms with van der Waals surface area (Å²) >= 11 is 3.11. The average molecular weight is 505 g/mol. The predicted octanol–water partition coefficient (Wildman–Crippen LogP) is 3.75.